The normalized spacial score (nSPS) is 12.6. The molecule has 0 radical (unpaired) electrons. The zero-order chi connectivity index (χ0) is 9.84. The second-order valence-corrected chi connectivity index (χ2v) is 2.99. The molecule has 1 aromatic rings. The summed E-state index contributed by atoms with van der Waals surface area (Å²) in [7, 11) is 0. The molecule has 13 heavy (non-hydrogen) atoms. The summed E-state index contributed by atoms with van der Waals surface area (Å²) < 4.78 is 5.23. The lowest BCUT2D eigenvalue weighted by atomic mass is 10.1. The Bertz CT molecular complexity index is 284. The van der Waals surface area contributed by atoms with Gasteiger partial charge in [0, 0.05) is 17.8 Å². The monoisotopic (exact) mass is 181 g/mol. The molecule has 0 amide bonds. The van der Waals surface area contributed by atoms with E-state index in [1.807, 2.05) is 19.9 Å². The minimum Gasteiger partial charge on any atom is -0.478 e. The fourth-order valence-electron chi connectivity index (χ4n) is 1.20. The van der Waals surface area contributed by atoms with E-state index in [0.29, 0.717) is 12.5 Å². The zero-order valence-electron chi connectivity index (χ0n) is 8.24. The topological polar surface area (TPSA) is 42.4 Å². The summed E-state index contributed by atoms with van der Waals surface area (Å²) in [5, 5.41) is 9.34. The summed E-state index contributed by atoms with van der Waals surface area (Å²) in [5.74, 6) is 0.615. The van der Waals surface area contributed by atoms with E-state index in [4.69, 9.17) is 4.74 Å². The van der Waals surface area contributed by atoms with Crippen molar-refractivity contribution in [2.24, 2.45) is 0 Å². The minimum atomic E-state index is -0.469. The van der Waals surface area contributed by atoms with Crippen LogP contribution in [0.25, 0.3) is 0 Å². The lowest BCUT2D eigenvalue weighted by Crippen LogP contribution is -1.99. The molecule has 0 unspecified atom stereocenters. The Morgan fingerprint density at radius 3 is 2.77 bits per heavy atom. The number of hydrogen-bond donors (Lipinski definition) is 1. The van der Waals surface area contributed by atoms with Crippen LogP contribution in [0.3, 0.4) is 0 Å². The highest BCUT2D eigenvalue weighted by Crippen LogP contribution is 2.19. The number of nitrogens with zero attached hydrogens (tertiary/aromatic N) is 1. The molecule has 0 aromatic carbocycles. The van der Waals surface area contributed by atoms with Crippen molar-refractivity contribution >= 4 is 0 Å². The van der Waals surface area contributed by atoms with Crippen LogP contribution in [0.2, 0.25) is 0 Å². The standard InChI is InChI=1S/C10H15NO2/c1-4-13-10-5-7(2)9(6-11-10)8(3)12/h5-6,8,12H,4H2,1-3H3/t8-/m0/s1. The number of hydrogen-bond acceptors (Lipinski definition) is 3. The summed E-state index contributed by atoms with van der Waals surface area (Å²) in [4.78, 5) is 4.07. The van der Waals surface area contributed by atoms with Crippen LogP contribution >= 0.6 is 0 Å². The minimum absolute atomic E-state index is 0.469. The predicted molar refractivity (Wildman–Crippen MR) is 50.8 cm³/mol. The van der Waals surface area contributed by atoms with Gasteiger partial charge in [-0.1, -0.05) is 0 Å². The zero-order valence-corrected chi connectivity index (χ0v) is 8.24. The summed E-state index contributed by atoms with van der Waals surface area (Å²) in [6.07, 6.45) is 1.19. The van der Waals surface area contributed by atoms with Crippen molar-refractivity contribution in [1.29, 1.82) is 0 Å². The van der Waals surface area contributed by atoms with Gasteiger partial charge in [0.1, 0.15) is 0 Å². The Kier molecular flexibility index (Phi) is 3.25. The van der Waals surface area contributed by atoms with Crippen LogP contribution in [0.4, 0.5) is 0 Å². The molecule has 0 fully saturated rings. The first-order valence-electron chi connectivity index (χ1n) is 4.42. The van der Waals surface area contributed by atoms with Gasteiger partial charge in [-0.25, -0.2) is 4.98 Å². The van der Waals surface area contributed by atoms with Crippen LogP contribution in [0, 0.1) is 6.92 Å². The van der Waals surface area contributed by atoms with E-state index in [2.05, 4.69) is 4.98 Å². The Balaban J connectivity index is 2.92. The van der Waals surface area contributed by atoms with Gasteiger partial charge in [-0.2, -0.15) is 0 Å². The molecule has 0 aliphatic heterocycles. The smallest absolute Gasteiger partial charge is 0.213 e. The molecule has 0 aliphatic carbocycles. The SMILES string of the molecule is CCOc1cc(C)c([C@H](C)O)cn1. The van der Waals surface area contributed by atoms with E-state index >= 15 is 0 Å². The molecule has 1 aromatic heterocycles. The first-order valence-corrected chi connectivity index (χ1v) is 4.42. The Hall–Kier alpha value is -1.09. The molecule has 1 atom stereocenters. The summed E-state index contributed by atoms with van der Waals surface area (Å²) in [5.41, 5.74) is 1.86. The van der Waals surface area contributed by atoms with Crippen LogP contribution in [0.15, 0.2) is 12.3 Å². The van der Waals surface area contributed by atoms with E-state index in [-0.39, 0.29) is 0 Å². The van der Waals surface area contributed by atoms with Gasteiger partial charge >= 0.3 is 0 Å². The predicted octanol–water partition coefficient (Wildman–Crippen LogP) is 1.84. The van der Waals surface area contributed by atoms with Crippen molar-refractivity contribution in [2.45, 2.75) is 26.9 Å². The lowest BCUT2D eigenvalue weighted by Gasteiger charge is -2.09. The first-order chi connectivity index (χ1) is 6.15. The third-order valence-corrected chi connectivity index (χ3v) is 1.87. The third kappa shape index (κ3) is 2.42. The fraction of sp³-hybridized carbons (Fsp3) is 0.500. The van der Waals surface area contributed by atoms with Crippen molar-refractivity contribution in [3.8, 4) is 5.88 Å². The van der Waals surface area contributed by atoms with E-state index < -0.39 is 6.10 Å². The fourth-order valence-corrected chi connectivity index (χ4v) is 1.20. The van der Waals surface area contributed by atoms with E-state index in [1.54, 1.807) is 13.1 Å². The Morgan fingerprint density at radius 2 is 2.31 bits per heavy atom. The maximum atomic E-state index is 9.34. The molecule has 3 heteroatoms. The molecule has 0 saturated heterocycles. The third-order valence-electron chi connectivity index (χ3n) is 1.87. The first kappa shape index (κ1) is 9.99. The van der Waals surface area contributed by atoms with Crippen LogP contribution in [0.1, 0.15) is 31.1 Å². The van der Waals surface area contributed by atoms with Gasteiger partial charge in [-0.15, -0.1) is 0 Å². The second-order valence-electron chi connectivity index (χ2n) is 2.99. The van der Waals surface area contributed by atoms with Crippen molar-refractivity contribution in [3.63, 3.8) is 0 Å². The van der Waals surface area contributed by atoms with Crippen molar-refractivity contribution < 1.29 is 9.84 Å². The summed E-state index contributed by atoms with van der Waals surface area (Å²) >= 11 is 0. The summed E-state index contributed by atoms with van der Waals surface area (Å²) in [6, 6.07) is 1.84. The van der Waals surface area contributed by atoms with Crippen LogP contribution in [0.5, 0.6) is 5.88 Å². The number of aromatic nitrogens is 1. The molecule has 0 aliphatic rings. The maximum Gasteiger partial charge on any atom is 0.213 e. The molecule has 0 saturated carbocycles. The highest BCUT2D eigenvalue weighted by molar-refractivity contribution is 5.29. The average Bonchev–Trinajstić information content (AvgIpc) is 2.04. The van der Waals surface area contributed by atoms with Gasteiger partial charge in [0.25, 0.3) is 0 Å². The molecule has 1 heterocycles. The highest BCUT2D eigenvalue weighted by atomic mass is 16.5. The van der Waals surface area contributed by atoms with E-state index in [0.717, 1.165) is 11.1 Å². The summed E-state index contributed by atoms with van der Waals surface area (Å²) in [6.45, 7) is 6.19. The number of rotatable bonds is 3. The number of aliphatic hydroxyl groups is 1. The number of aliphatic hydroxyl groups excluding tert-OH is 1. The number of ether oxygens (including phenoxy) is 1. The Labute approximate surface area is 78.4 Å². The average molecular weight is 181 g/mol. The van der Waals surface area contributed by atoms with Gasteiger partial charge in [-0.3, -0.25) is 0 Å². The van der Waals surface area contributed by atoms with E-state index in [1.165, 1.54) is 0 Å². The maximum absolute atomic E-state index is 9.34. The largest absolute Gasteiger partial charge is 0.478 e. The molecule has 0 spiro atoms. The molecule has 0 bridgehead atoms. The van der Waals surface area contributed by atoms with Crippen LogP contribution < -0.4 is 4.74 Å². The molecule has 72 valence electrons. The molecule has 1 N–H and O–H groups in total. The molecular formula is C10H15NO2. The van der Waals surface area contributed by atoms with Crippen molar-refractivity contribution in [3.05, 3.63) is 23.4 Å². The molecular weight excluding hydrogens is 166 g/mol. The second kappa shape index (κ2) is 4.23. The van der Waals surface area contributed by atoms with Crippen molar-refractivity contribution in [2.75, 3.05) is 6.61 Å². The van der Waals surface area contributed by atoms with Crippen LogP contribution in [-0.4, -0.2) is 16.7 Å². The van der Waals surface area contributed by atoms with Gasteiger partial charge in [0.05, 0.1) is 12.7 Å². The van der Waals surface area contributed by atoms with Gasteiger partial charge in [0.2, 0.25) is 5.88 Å². The molecule has 1 rings (SSSR count). The Morgan fingerprint density at radius 1 is 1.62 bits per heavy atom. The van der Waals surface area contributed by atoms with Crippen molar-refractivity contribution in [1.82, 2.24) is 4.98 Å². The van der Waals surface area contributed by atoms with Crippen LogP contribution in [-0.2, 0) is 0 Å². The quantitative estimate of drug-likeness (QED) is 0.773. The number of pyridine rings is 1. The highest BCUT2D eigenvalue weighted by Gasteiger charge is 2.06. The van der Waals surface area contributed by atoms with Gasteiger partial charge in [0.15, 0.2) is 0 Å². The van der Waals surface area contributed by atoms with E-state index in [9.17, 15) is 5.11 Å². The van der Waals surface area contributed by atoms with Gasteiger partial charge < -0.3 is 9.84 Å². The lowest BCUT2D eigenvalue weighted by molar-refractivity contribution is 0.197. The van der Waals surface area contributed by atoms with Gasteiger partial charge in [-0.05, 0) is 26.3 Å². The molecule has 3 nitrogen and oxygen atoms in total. The number of aryl methyl sites for hydroxylation is 1.